The lowest BCUT2D eigenvalue weighted by Gasteiger charge is -2.26. The van der Waals surface area contributed by atoms with Crippen LogP contribution in [0.1, 0.15) is 52.0 Å². The highest BCUT2D eigenvalue weighted by atomic mass is 16.4. The maximum atomic E-state index is 11.8. The molecule has 0 radical (unpaired) electrons. The Bertz CT molecular complexity index is 681. The number of carboxylic acids is 1. The quantitative estimate of drug-likeness (QED) is 0.941. The summed E-state index contributed by atoms with van der Waals surface area (Å²) >= 11 is 0. The number of nitrogens with zero attached hydrogens (tertiary/aromatic N) is 3. The van der Waals surface area contributed by atoms with Crippen molar-refractivity contribution < 1.29 is 9.90 Å². The fourth-order valence-corrected chi connectivity index (χ4v) is 2.57. The minimum absolute atomic E-state index is 0.0518. The lowest BCUT2D eigenvalue weighted by atomic mass is 9.94. The Morgan fingerprint density at radius 3 is 2.43 bits per heavy atom. The second-order valence-corrected chi connectivity index (χ2v) is 6.94. The zero-order valence-electron chi connectivity index (χ0n) is 13.5. The first-order valence-electron chi connectivity index (χ1n) is 7.20. The average molecular weight is 289 g/mol. The molecule has 21 heavy (non-hydrogen) atoms. The van der Waals surface area contributed by atoms with E-state index in [1.54, 1.807) is 10.8 Å². The monoisotopic (exact) mass is 289 g/mol. The summed E-state index contributed by atoms with van der Waals surface area (Å²) in [5.41, 5.74) is 2.17. The SMILES string of the molecule is Cc1cnc2c(c1)nc(C(C)(C)C)n2C(C(=O)O)C(C)C. The van der Waals surface area contributed by atoms with Gasteiger partial charge in [0.05, 0.1) is 0 Å². The van der Waals surface area contributed by atoms with Crippen LogP contribution in [-0.4, -0.2) is 25.6 Å². The highest BCUT2D eigenvalue weighted by molar-refractivity contribution is 5.78. The molecule has 0 aliphatic rings. The Balaban J connectivity index is 2.83. The molecule has 1 unspecified atom stereocenters. The minimum atomic E-state index is -0.850. The highest BCUT2D eigenvalue weighted by Crippen LogP contribution is 2.32. The van der Waals surface area contributed by atoms with E-state index in [-0.39, 0.29) is 11.3 Å². The predicted molar refractivity (Wildman–Crippen MR) is 82.5 cm³/mol. The number of aromatic nitrogens is 3. The van der Waals surface area contributed by atoms with E-state index in [0.29, 0.717) is 5.65 Å². The molecule has 2 aromatic heterocycles. The molecule has 2 heterocycles. The van der Waals surface area contributed by atoms with Crippen molar-refractivity contribution in [3.8, 4) is 0 Å². The van der Waals surface area contributed by atoms with E-state index in [9.17, 15) is 9.90 Å². The third kappa shape index (κ3) is 2.77. The van der Waals surface area contributed by atoms with Gasteiger partial charge < -0.3 is 5.11 Å². The van der Waals surface area contributed by atoms with E-state index in [1.165, 1.54) is 0 Å². The van der Waals surface area contributed by atoms with Crippen molar-refractivity contribution in [3.05, 3.63) is 23.7 Å². The van der Waals surface area contributed by atoms with Gasteiger partial charge in [-0.1, -0.05) is 34.6 Å². The van der Waals surface area contributed by atoms with Crippen LogP contribution in [0.3, 0.4) is 0 Å². The summed E-state index contributed by atoms with van der Waals surface area (Å²) in [5, 5.41) is 9.64. The maximum absolute atomic E-state index is 11.8. The Labute approximate surface area is 125 Å². The molecule has 0 amide bonds. The number of fused-ring (bicyclic) bond motifs is 1. The fourth-order valence-electron chi connectivity index (χ4n) is 2.57. The molecule has 2 aromatic rings. The van der Waals surface area contributed by atoms with Crippen molar-refractivity contribution in [1.82, 2.24) is 14.5 Å². The van der Waals surface area contributed by atoms with Gasteiger partial charge in [-0.2, -0.15) is 0 Å². The van der Waals surface area contributed by atoms with Crippen molar-refractivity contribution in [2.45, 2.75) is 53.0 Å². The summed E-state index contributed by atoms with van der Waals surface area (Å²) in [6.07, 6.45) is 1.76. The predicted octanol–water partition coefficient (Wildman–Crippen LogP) is 3.32. The van der Waals surface area contributed by atoms with E-state index in [2.05, 4.69) is 9.97 Å². The van der Waals surface area contributed by atoms with E-state index in [1.807, 2.05) is 47.6 Å². The van der Waals surface area contributed by atoms with Gasteiger partial charge in [0.15, 0.2) is 5.65 Å². The van der Waals surface area contributed by atoms with Gasteiger partial charge in [0.25, 0.3) is 0 Å². The van der Waals surface area contributed by atoms with Crippen LogP contribution in [0.25, 0.3) is 11.2 Å². The molecule has 0 spiro atoms. The van der Waals surface area contributed by atoms with Crippen LogP contribution in [0.15, 0.2) is 12.3 Å². The van der Waals surface area contributed by atoms with Crippen LogP contribution in [0.5, 0.6) is 0 Å². The van der Waals surface area contributed by atoms with Gasteiger partial charge in [-0.25, -0.2) is 14.8 Å². The van der Waals surface area contributed by atoms with E-state index >= 15 is 0 Å². The summed E-state index contributed by atoms with van der Waals surface area (Å²) in [4.78, 5) is 20.9. The Kier molecular flexibility index (Phi) is 3.78. The summed E-state index contributed by atoms with van der Waals surface area (Å²) in [6.45, 7) is 11.9. The maximum Gasteiger partial charge on any atom is 0.327 e. The molecular weight excluding hydrogens is 266 g/mol. The van der Waals surface area contributed by atoms with Gasteiger partial charge in [0, 0.05) is 11.6 Å². The van der Waals surface area contributed by atoms with Gasteiger partial charge in [-0.3, -0.25) is 4.57 Å². The van der Waals surface area contributed by atoms with Crippen LogP contribution in [0, 0.1) is 12.8 Å². The number of carboxylic acid groups (broad SMARTS) is 1. The first-order valence-corrected chi connectivity index (χ1v) is 7.20. The Hall–Kier alpha value is -1.91. The molecule has 2 rings (SSSR count). The zero-order valence-corrected chi connectivity index (χ0v) is 13.5. The number of hydrogen-bond donors (Lipinski definition) is 1. The molecule has 0 aliphatic carbocycles. The van der Waals surface area contributed by atoms with Gasteiger partial charge in [-0.15, -0.1) is 0 Å². The first-order chi connectivity index (χ1) is 9.62. The molecule has 114 valence electrons. The van der Waals surface area contributed by atoms with Crippen molar-refractivity contribution >= 4 is 17.1 Å². The molecular formula is C16H23N3O2. The Morgan fingerprint density at radius 1 is 1.33 bits per heavy atom. The second-order valence-electron chi connectivity index (χ2n) is 6.94. The lowest BCUT2D eigenvalue weighted by Crippen LogP contribution is -2.30. The molecule has 5 nitrogen and oxygen atoms in total. The number of aryl methyl sites for hydroxylation is 1. The average Bonchev–Trinajstić information content (AvgIpc) is 2.66. The van der Waals surface area contributed by atoms with Gasteiger partial charge in [-0.05, 0) is 24.5 Å². The van der Waals surface area contributed by atoms with Gasteiger partial charge >= 0.3 is 5.97 Å². The molecule has 0 saturated carbocycles. The molecule has 0 aliphatic heterocycles. The summed E-state index contributed by atoms with van der Waals surface area (Å²) in [6, 6.07) is 1.28. The third-order valence-corrected chi connectivity index (χ3v) is 3.50. The number of carbonyl (C=O) groups is 1. The summed E-state index contributed by atoms with van der Waals surface area (Å²) < 4.78 is 1.79. The molecule has 0 fully saturated rings. The second kappa shape index (κ2) is 5.13. The van der Waals surface area contributed by atoms with E-state index in [0.717, 1.165) is 16.9 Å². The number of imidazole rings is 1. The molecule has 5 heteroatoms. The smallest absolute Gasteiger partial charge is 0.327 e. The topological polar surface area (TPSA) is 68.0 Å². The number of hydrogen-bond acceptors (Lipinski definition) is 3. The van der Waals surface area contributed by atoms with Gasteiger partial charge in [0.2, 0.25) is 0 Å². The molecule has 0 aromatic carbocycles. The zero-order chi connectivity index (χ0) is 15.9. The number of aliphatic carboxylic acids is 1. The van der Waals surface area contributed by atoms with Crippen LogP contribution >= 0.6 is 0 Å². The highest BCUT2D eigenvalue weighted by Gasteiger charge is 2.32. The van der Waals surface area contributed by atoms with E-state index in [4.69, 9.17) is 0 Å². The van der Waals surface area contributed by atoms with Crippen LogP contribution in [-0.2, 0) is 10.2 Å². The normalized spacial score (nSPS) is 13.9. The summed E-state index contributed by atoms with van der Waals surface area (Å²) in [7, 11) is 0. The van der Waals surface area contributed by atoms with Crippen LogP contribution in [0.4, 0.5) is 0 Å². The van der Waals surface area contributed by atoms with Crippen LogP contribution < -0.4 is 0 Å². The molecule has 0 saturated heterocycles. The Morgan fingerprint density at radius 2 is 1.95 bits per heavy atom. The molecule has 1 atom stereocenters. The first kappa shape index (κ1) is 15.5. The van der Waals surface area contributed by atoms with Crippen molar-refractivity contribution in [3.63, 3.8) is 0 Å². The van der Waals surface area contributed by atoms with Crippen LogP contribution in [0.2, 0.25) is 0 Å². The van der Waals surface area contributed by atoms with E-state index < -0.39 is 12.0 Å². The van der Waals surface area contributed by atoms with Crippen molar-refractivity contribution in [2.75, 3.05) is 0 Å². The fraction of sp³-hybridized carbons (Fsp3) is 0.562. The van der Waals surface area contributed by atoms with Crippen molar-refractivity contribution in [2.24, 2.45) is 5.92 Å². The lowest BCUT2D eigenvalue weighted by molar-refractivity contribution is -0.142. The molecule has 1 N–H and O–H groups in total. The minimum Gasteiger partial charge on any atom is -0.480 e. The number of pyridine rings is 1. The van der Waals surface area contributed by atoms with Crippen molar-refractivity contribution in [1.29, 1.82) is 0 Å². The standard InChI is InChI=1S/C16H23N3O2/c1-9(2)12(14(20)21)19-13-11(7-10(3)8-17-13)18-15(19)16(4,5)6/h7-9,12H,1-6H3,(H,20,21). The van der Waals surface area contributed by atoms with Gasteiger partial charge in [0.1, 0.15) is 17.4 Å². The largest absolute Gasteiger partial charge is 0.480 e. The number of rotatable bonds is 3. The molecule has 0 bridgehead atoms. The summed E-state index contributed by atoms with van der Waals surface area (Å²) in [5.74, 6) is -0.141. The third-order valence-electron chi connectivity index (χ3n) is 3.50.